The molecule has 0 saturated heterocycles. The second-order valence-corrected chi connectivity index (χ2v) is 3.81. The van der Waals surface area contributed by atoms with Crippen molar-refractivity contribution in [3.8, 4) is 6.07 Å². The SMILES string of the molecule is CC(C#N)(Nc1cccc(Cl)c1)C(F)(F)F. The van der Waals surface area contributed by atoms with Gasteiger partial charge in [0.15, 0.2) is 0 Å². The predicted molar refractivity (Wildman–Crippen MR) is 55.1 cm³/mol. The lowest BCUT2D eigenvalue weighted by atomic mass is 10.0. The van der Waals surface area contributed by atoms with Gasteiger partial charge in [0.2, 0.25) is 5.54 Å². The summed E-state index contributed by atoms with van der Waals surface area (Å²) in [5.74, 6) is 0. The summed E-state index contributed by atoms with van der Waals surface area (Å²) in [7, 11) is 0. The molecule has 1 atom stereocenters. The lowest BCUT2D eigenvalue weighted by Crippen LogP contribution is -2.47. The smallest absolute Gasteiger partial charge is 0.360 e. The minimum atomic E-state index is -4.66. The van der Waals surface area contributed by atoms with E-state index in [1.54, 1.807) is 0 Å². The van der Waals surface area contributed by atoms with Crippen molar-refractivity contribution < 1.29 is 13.2 Å². The predicted octanol–water partition coefficient (Wildman–Crippen LogP) is 3.60. The average molecular weight is 249 g/mol. The number of benzene rings is 1. The van der Waals surface area contributed by atoms with Crippen LogP contribution >= 0.6 is 11.6 Å². The van der Waals surface area contributed by atoms with Gasteiger partial charge in [-0.3, -0.25) is 0 Å². The van der Waals surface area contributed by atoms with E-state index in [0.717, 1.165) is 6.92 Å². The summed E-state index contributed by atoms with van der Waals surface area (Å²) in [6.07, 6.45) is -4.66. The fourth-order valence-corrected chi connectivity index (χ4v) is 1.21. The first kappa shape index (κ1) is 12.7. The number of hydrogen-bond donors (Lipinski definition) is 1. The third-order valence-electron chi connectivity index (χ3n) is 2.01. The van der Waals surface area contributed by atoms with E-state index in [4.69, 9.17) is 16.9 Å². The molecule has 0 aliphatic heterocycles. The molecule has 16 heavy (non-hydrogen) atoms. The van der Waals surface area contributed by atoms with Gasteiger partial charge in [-0.25, -0.2) is 0 Å². The van der Waals surface area contributed by atoms with E-state index >= 15 is 0 Å². The highest BCUT2D eigenvalue weighted by molar-refractivity contribution is 6.30. The first-order chi connectivity index (χ1) is 7.28. The molecule has 0 aliphatic rings. The molecular weight excluding hydrogens is 241 g/mol. The van der Waals surface area contributed by atoms with E-state index in [1.807, 2.05) is 0 Å². The fourth-order valence-electron chi connectivity index (χ4n) is 1.02. The van der Waals surface area contributed by atoms with Crippen LogP contribution in [0.4, 0.5) is 18.9 Å². The van der Waals surface area contributed by atoms with E-state index in [-0.39, 0.29) is 5.69 Å². The molecule has 0 aliphatic carbocycles. The third-order valence-corrected chi connectivity index (χ3v) is 2.24. The van der Waals surface area contributed by atoms with Crippen LogP contribution in [0.25, 0.3) is 0 Å². The maximum Gasteiger partial charge on any atom is 0.424 e. The molecule has 1 unspecified atom stereocenters. The Morgan fingerprint density at radius 1 is 1.38 bits per heavy atom. The summed E-state index contributed by atoms with van der Waals surface area (Å²) < 4.78 is 37.7. The molecule has 1 rings (SSSR count). The number of nitriles is 1. The van der Waals surface area contributed by atoms with Crippen LogP contribution in [0.5, 0.6) is 0 Å². The standard InChI is InChI=1S/C10H8ClF3N2/c1-9(6-15,10(12,13)14)16-8-4-2-3-7(11)5-8/h2-5,16H,1H3. The maximum absolute atomic E-state index is 12.6. The Labute approximate surface area is 95.6 Å². The van der Waals surface area contributed by atoms with E-state index in [1.165, 1.54) is 30.3 Å². The number of rotatable bonds is 2. The second kappa shape index (κ2) is 4.22. The van der Waals surface area contributed by atoms with E-state index in [9.17, 15) is 13.2 Å². The van der Waals surface area contributed by atoms with Crippen LogP contribution in [0.3, 0.4) is 0 Å². The van der Waals surface area contributed by atoms with E-state index < -0.39 is 11.7 Å². The Balaban J connectivity index is 3.00. The Hall–Kier alpha value is -1.41. The normalized spacial score (nSPS) is 15.0. The summed E-state index contributed by atoms with van der Waals surface area (Å²) in [5, 5.41) is 11.0. The van der Waals surface area contributed by atoms with Crippen LogP contribution in [-0.4, -0.2) is 11.7 Å². The summed E-state index contributed by atoms with van der Waals surface area (Å²) in [5.41, 5.74) is -2.48. The molecule has 1 aromatic rings. The highest BCUT2D eigenvalue weighted by atomic mass is 35.5. The van der Waals surface area contributed by atoms with Gasteiger partial charge in [-0.05, 0) is 25.1 Å². The van der Waals surface area contributed by atoms with Crippen LogP contribution in [0.2, 0.25) is 5.02 Å². The Kier molecular flexibility index (Phi) is 3.34. The average Bonchev–Trinajstić information content (AvgIpc) is 2.15. The highest BCUT2D eigenvalue weighted by Crippen LogP contribution is 2.33. The summed E-state index contributed by atoms with van der Waals surface area (Å²) in [4.78, 5) is 0. The lowest BCUT2D eigenvalue weighted by Gasteiger charge is -2.26. The number of nitrogens with one attached hydrogen (secondary N) is 1. The van der Waals surface area contributed by atoms with Gasteiger partial charge < -0.3 is 5.32 Å². The highest BCUT2D eigenvalue weighted by Gasteiger charge is 2.52. The molecule has 0 radical (unpaired) electrons. The fraction of sp³-hybridized carbons (Fsp3) is 0.300. The lowest BCUT2D eigenvalue weighted by molar-refractivity contribution is -0.158. The zero-order chi connectivity index (χ0) is 12.4. The van der Waals surface area contributed by atoms with Crippen molar-refractivity contribution in [2.45, 2.75) is 18.6 Å². The number of halogens is 4. The zero-order valence-electron chi connectivity index (χ0n) is 8.27. The molecule has 86 valence electrons. The van der Waals surface area contributed by atoms with Crippen LogP contribution in [0.1, 0.15) is 6.92 Å². The molecule has 0 heterocycles. The first-order valence-electron chi connectivity index (χ1n) is 4.30. The molecule has 0 aromatic heterocycles. The van der Waals surface area contributed by atoms with Gasteiger partial charge >= 0.3 is 6.18 Å². The molecule has 0 spiro atoms. The van der Waals surface area contributed by atoms with Crippen molar-refractivity contribution in [3.05, 3.63) is 29.3 Å². The molecular formula is C10H8ClF3N2. The number of anilines is 1. The number of alkyl halides is 3. The number of hydrogen-bond acceptors (Lipinski definition) is 2. The van der Waals surface area contributed by atoms with Crippen molar-refractivity contribution in [1.82, 2.24) is 0 Å². The summed E-state index contributed by atoms with van der Waals surface area (Å²) in [6.45, 7) is 0.772. The summed E-state index contributed by atoms with van der Waals surface area (Å²) in [6, 6.07) is 6.97. The maximum atomic E-state index is 12.6. The van der Waals surface area contributed by atoms with Crippen LogP contribution in [0, 0.1) is 11.3 Å². The van der Waals surface area contributed by atoms with Crippen molar-refractivity contribution in [2.75, 3.05) is 5.32 Å². The third kappa shape index (κ3) is 2.58. The largest absolute Gasteiger partial charge is 0.424 e. The molecule has 2 nitrogen and oxygen atoms in total. The van der Waals surface area contributed by atoms with Gasteiger partial charge in [0.25, 0.3) is 0 Å². The Morgan fingerprint density at radius 2 is 2.00 bits per heavy atom. The van der Waals surface area contributed by atoms with E-state index in [2.05, 4.69) is 5.32 Å². The van der Waals surface area contributed by atoms with Crippen molar-refractivity contribution in [3.63, 3.8) is 0 Å². The Morgan fingerprint density at radius 3 is 2.44 bits per heavy atom. The van der Waals surface area contributed by atoms with Crippen molar-refractivity contribution in [1.29, 1.82) is 5.26 Å². The van der Waals surface area contributed by atoms with Gasteiger partial charge in [-0.2, -0.15) is 18.4 Å². The second-order valence-electron chi connectivity index (χ2n) is 3.37. The van der Waals surface area contributed by atoms with Crippen molar-refractivity contribution >= 4 is 17.3 Å². The van der Waals surface area contributed by atoms with Gasteiger partial charge in [-0.1, -0.05) is 17.7 Å². The molecule has 0 fully saturated rings. The number of nitrogens with zero attached hydrogens (tertiary/aromatic N) is 1. The monoisotopic (exact) mass is 248 g/mol. The minimum absolute atomic E-state index is 0.147. The summed E-state index contributed by atoms with van der Waals surface area (Å²) >= 11 is 5.63. The van der Waals surface area contributed by atoms with Crippen LogP contribution in [0.15, 0.2) is 24.3 Å². The van der Waals surface area contributed by atoms with Crippen LogP contribution in [-0.2, 0) is 0 Å². The van der Waals surface area contributed by atoms with Crippen LogP contribution < -0.4 is 5.32 Å². The van der Waals surface area contributed by atoms with Gasteiger partial charge in [-0.15, -0.1) is 0 Å². The molecule has 1 aromatic carbocycles. The van der Waals surface area contributed by atoms with Gasteiger partial charge in [0, 0.05) is 10.7 Å². The van der Waals surface area contributed by atoms with E-state index in [0.29, 0.717) is 5.02 Å². The molecule has 0 amide bonds. The first-order valence-corrected chi connectivity index (χ1v) is 4.68. The molecule has 1 N–H and O–H groups in total. The van der Waals surface area contributed by atoms with Gasteiger partial charge in [0.05, 0.1) is 0 Å². The Bertz CT molecular complexity index is 425. The molecule has 0 bridgehead atoms. The molecule has 0 saturated carbocycles. The zero-order valence-corrected chi connectivity index (χ0v) is 9.02. The quantitative estimate of drug-likeness (QED) is 0.868. The minimum Gasteiger partial charge on any atom is -0.360 e. The molecule has 6 heteroatoms. The topological polar surface area (TPSA) is 35.8 Å². The van der Waals surface area contributed by atoms with Crippen molar-refractivity contribution in [2.24, 2.45) is 0 Å². The van der Waals surface area contributed by atoms with Gasteiger partial charge in [0.1, 0.15) is 6.07 Å².